The standard InChI is InChI=1S/C13H15N3O2/c1-8-12(7-14-16-8)13(18)15-11-5-3-4-10(6-11)9(2)17/h3-7,9,17H,1-2H3,(H,14,16)(H,15,18). The van der Waals surface area contributed by atoms with E-state index >= 15 is 0 Å². The van der Waals surface area contributed by atoms with E-state index < -0.39 is 6.10 Å². The van der Waals surface area contributed by atoms with Crippen molar-refractivity contribution >= 4 is 11.6 Å². The first kappa shape index (κ1) is 12.3. The van der Waals surface area contributed by atoms with Crippen LogP contribution in [0.5, 0.6) is 0 Å². The summed E-state index contributed by atoms with van der Waals surface area (Å²) in [6, 6.07) is 7.13. The van der Waals surface area contributed by atoms with Gasteiger partial charge in [0.05, 0.1) is 17.9 Å². The van der Waals surface area contributed by atoms with Gasteiger partial charge in [-0.3, -0.25) is 9.89 Å². The molecule has 0 fully saturated rings. The summed E-state index contributed by atoms with van der Waals surface area (Å²) in [4.78, 5) is 11.9. The van der Waals surface area contributed by atoms with Crippen molar-refractivity contribution in [3.05, 3.63) is 47.3 Å². The Morgan fingerprint density at radius 1 is 1.50 bits per heavy atom. The van der Waals surface area contributed by atoms with E-state index in [1.54, 1.807) is 32.0 Å². The zero-order chi connectivity index (χ0) is 13.1. The molecule has 1 aromatic carbocycles. The number of aliphatic hydroxyl groups is 1. The molecule has 1 amide bonds. The Morgan fingerprint density at radius 2 is 2.28 bits per heavy atom. The highest BCUT2D eigenvalue weighted by molar-refractivity contribution is 6.04. The van der Waals surface area contributed by atoms with Crippen LogP contribution in [0.1, 0.15) is 34.6 Å². The third-order valence-corrected chi connectivity index (χ3v) is 2.70. The number of anilines is 1. The minimum absolute atomic E-state index is 0.219. The molecule has 1 atom stereocenters. The lowest BCUT2D eigenvalue weighted by Crippen LogP contribution is -2.12. The molecular formula is C13H15N3O2. The summed E-state index contributed by atoms with van der Waals surface area (Å²) in [7, 11) is 0. The number of aromatic amines is 1. The molecule has 0 bridgehead atoms. The van der Waals surface area contributed by atoms with Crippen molar-refractivity contribution in [1.82, 2.24) is 10.2 Å². The maximum Gasteiger partial charge on any atom is 0.259 e. The molecule has 0 aliphatic rings. The molecule has 0 saturated carbocycles. The van der Waals surface area contributed by atoms with Crippen LogP contribution in [0, 0.1) is 6.92 Å². The van der Waals surface area contributed by atoms with E-state index in [2.05, 4.69) is 15.5 Å². The minimum atomic E-state index is -0.558. The summed E-state index contributed by atoms with van der Waals surface area (Å²) < 4.78 is 0. The number of aliphatic hydroxyl groups excluding tert-OH is 1. The van der Waals surface area contributed by atoms with Crippen molar-refractivity contribution in [2.75, 3.05) is 5.32 Å². The maximum absolute atomic E-state index is 11.9. The Hall–Kier alpha value is -2.14. The molecule has 5 heteroatoms. The number of carbonyl (C=O) groups is 1. The third kappa shape index (κ3) is 2.57. The number of hydrogen-bond acceptors (Lipinski definition) is 3. The number of hydrogen-bond donors (Lipinski definition) is 3. The summed E-state index contributed by atoms with van der Waals surface area (Å²) in [6.07, 6.45) is 0.931. The Morgan fingerprint density at radius 3 is 2.89 bits per heavy atom. The summed E-state index contributed by atoms with van der Waals surface area (Å²) in [6.45, 7) is 3.47. The molecule has 2 aromatic rings. The van der Waals surface area contributed by atoms with Gasteiger partial charge in [0.1, 0.15) is 0 Å². The van der Waals surface area contributed by atoms with Crippen LogP contribution in [-0.2, 0) is 0 Å². The van der Waals surface area contributed by atoms with Gasteiger partial charge in [-0.25, -0.2) is 0 Å². The molecule has 0 saturated heterocycles. The SMILES string of the molecule is Cc1[nH]ncc1C(=O)Nc1cccc(C(C)O)c1. The molecule has 94 valence electrons. The molecule has 1 heterocycles. The smallest absolute Gasteiger partial charge is 0.259 e. The van der Waals surface area contributed by atoms with Gasteiger partial charge in [-0.2, -0.15) is 5.10 Å². The lowest BCUT2D eigenvalue weighted by molar-refractivity contribution is 0.102. The molecule has 0 radical (unpaired) electrons. The average molecular weight is 245 g/mol. The Balaban J connectivity index is 2.17. The maximum atomic E-state index is 11.9. The first-order chi connectivity index (χ1) is 8.58. The molecule has 0 spiro atoms. The molecule has 0 aliphatic carbocycles. The van der Waals surface area contributed by atoms with Gasteiger partial charge in [0, 0.05) is 11.4 Å². The first-order valence-corrected chi connectivity index (χ1v) is 5.67. The quantitative estimate of drug-likeness (QED) is 0.774. The Labute approximate surface area is 105 Å². The highest BCUT2D eigenvalue weighted by atomic mass is 16.3. The van der Waals surface area contributed by atoms with Crippen LogP contribution in [0.2, 0.25) is 0 Å². The average Bonchev–Trinajstić information content (AvgIpc) is 2.76. The van der Waals surface area contributed by atoms with Gasteiger partial charge in [-0.05, 0) is 31.5 Å². The number of aryl methyl sites for hydroxylation is 1. The lowest BCUT2D eigenvalue weighted by Gasteiger charge is -2.08. The van der Waals surface area contributed by atoms with E-state index in [9.17, 15) is 9.90 Å². The van der Waals surface area contributed by atoms with Gasteiger partial charge in [0.15, 0.2) is 0 Å². The number of amides is 1. The van der Waals surface area contributed by atoms with Gasteiger partial charge < -0.3 is 10.4 Å². The van der Waals surface area contributed by atoms with E-state index in [1.807, 2.05) is 6.07 Å². The summed E-state index contributed by atoms with van der Waals surface area (Å²) in [5, 5.41) is 18.8. The van der Waals surface area contributed by atoms with Crippen LogP contribution in [-0.4, -0.2) is 21.2 Å². The van der Waals surface area contributed by atoms with E-state index in [0.29, 0.717) is 11.3 Å². The predicted molar refractivity (Wildman–Crippen MR) is 68.4 cm³/mol. The Bertz CT molecular complexity index is 561. The number of benzene rings is 1. The van der Waals surface area contributed by atoms with Gasteiger partial charge >= 0.3 is 0 Å². The second kappa shape index (κ2) is 5.01. The van der Waals surface area contributed by atoms with Crippen molar-refractivity contribution in [2.24, 2.45) is 0 Å². The zero-order valence-electron chi connectivity index (χ0n) is 10.3. The molecule has 0 aliphatic heterocycles. The summed E-state index contributed by atoms with van der Waals surface area (Å²) in [5.74, 6) is -0.219. The number of rotatable bonds is 3. The van der Waals surface area contributed by atoms with E-state index in [4.69, 9.17) is 0 Å². The predicted octanol–water partition coefficient (Wildman–Crippen LogP) is 2.02. The highest BCUT2D eigenvalue weighted by Crippen LogP contribution is 2.17. The van der Waals surface area contributed by atoms with Crippen molar-refractivity contribution in [3.8, 4) is 0 Å². The fourth-order valence-electron chi connectivity index (χ4n) is 1.65. The summed E-state index contributed by atoms with van der Waals surface area (Å²) >= 11 is 0. The molecule has 2 rings (SSSR count). The van der Waals surface area contributed by atoms with Gasteiger partial charge in [-0.1, -0.05) is 12.1 Å². The second-order valence-electron chi connectivity index (χ2n) is 4.16. The summed E-state index contributed by atoms with van der Waals surface area (Å²) in [5.41, 5.74) is 2.65. The minimum Gasteiger partial charge on any atom is -0.389 e. The van der Waals surface area contributed by atoms with Crippen LogP contribution in [0.25, 0.3) is 0 Å². The van der Waals surface area contributed by atoms with Crippen LogP contribution in [0.4, 0.5) is 5.69 Å². The molecule has 18 heavy (non-hydrogen) atoms. The molecule has 5 nitrogen and oxygen atoms in total. The third-order valence-electron chi connectivity index (χ3n) is 2.70. The zero-order valence-corrected chi connectivity index (χ0v) is 10.3. The van der Waals surface area contributed by atoms with Crippen molar-refractivity contribution < 1.29 is 9.90 Å². The largest absolute Gasteiger partial charge is 0.389 e. The van der Waals surface area contributed by atoms with E-state index in [0.717, 1.165) is 11.3 Å². The number of aromatic nitrogens is 2. The van der Waals surface area contributed by atoms with Crippen LogP contribution in [0.15, 0.2) is 30.5 Å². The van der Waals surface area contributed by atoms with E-state index in [-0.39, 0.29) is 5.91 Å². The molecular weight excluding hydrogens is 230 g/mol. The number of nitrogens with zero attached hydrogens (tertiary/aromatic N) is 1. The topological polar surface area (TPSA) is 78.0 Å². The molecule has 3 N–H and O–H groups in total. The van der Waals surface area contributed by atoms with Gasteiger partial charge in [-0.15, -0.1) is 0 Å². The monoisotopic (exact) mass is 245 g/mol. The number of carbonyl (C=O) groups excluding carboxylic acids is 1. The van der Waals surface area contributed by atoms with Crippen molar-refractivity contribution in [2.45, 2.75) is 20.0 Å². The van der Waals surface area contributed by atoms with Crippen LogP contribution in [0.3, 0.4) is 0 Å². The fraction of sp³-hybridized carbons (Fsp3) is 0.231. The Kier molecular flexibility index (Phi) is 3.43. The molecule has 1 unspecified atom stereocenters. The van der Waals surface area contributed by atoms with Gasteiger partial charge in [0.2, 0.25) is 0 Å². The van der Waals surface area contributed by atoms with Crippen LogP contribution >= 0.6 is 0 Å². The van der Waals surface area contributed by atoms with E-state index in [1.165, 1.54) is 6.20 Å². The number of nitrogens with one attached hydrogen (secondary N) is 2. The van der Waals surface area contributed by atoms with Crippen molar-refractivity contribution in [3.63, 3.8) is 0 Å². The second-order valence-corrected chi connectivity index (χ2v) is 4.16. The van der Waals surface area contributed by atoms with Crippen LogP contribution < -0.4 is 5.32 Å². The fourth-order valence-corrected chi connectivity index (χ4v) is 1.65. The number of H-pyrrole nitrogens is 1. The normalized spacial score (nSPS) is 12.2. The van der Waals surface area contributed by atoms with Crippen molar-refractivity contribution in [1.29, 1.82) is 0 Å². The lowest BCUT2D eigenvalue weighted by atomic mass is 10.1. The highest BCUT2D eigenvalue weighted by Gasteiger charge is 2.11. The first-order valence-electron chi connectivity index (χ1n) is 5.67. The van der Waals surface area contributed by atoms with Gasteiger partial charge in [0.25, 0.3) is 5.91 Å². The molecule has 1 aromatic heterocycles.